The first-order valence-electron chi connectivity index (χ1n) is 4.07. The number of carbonyl (C=O) groups excluding carboxylic acids is 3. The Morgan fingerprint density at radius 3 is 2.67 bits per heavy atom. The molecule has 0 bridgehead atoms. The van der Waals surface area contributed by atoms with Crippen molar-refractivity contribution in [1.82, 2.24) is 15.6 Å². The Hall–Kier alpha value is -2.12. The zero-order valence-corrected chi connectivity index (χ0v) is 8.27. The number of primary amides is 1. The molecule has 1 heterocycles. The average Bonchev–Trinajstić information content (AvgIpc) is 2.30. The zero-order valence-electron chi connectivity index (χ0n) is 8.27. The molecule has 0 radical (unpaired) electrons. The molecule has 1 aliphatic heterocycles. The van der Waals surface area contributed by atoms with Gasteiger partial charge in [0.25, 0.3) is 5.91 Å². The van der Waals surface area contributed by atoms with Crippen molar-refractivity contribution in [3.63, 3.8) is 0 Å². The molecule has 8 heteroatoms. The molecule has 0 aromatic heterocycles. The fourth-order valence-electron chi connectivity index (χ4n) is 1.11. The first-order valence-corrected chi connectivity index (χ1v) is 4.07. The maximum Gasteiger partial charge on any atom is 0.332 e. The van der Waals surface area contributed by atoms with Crippen molar-refractivity contribution in [2.45, 2.75) is 12.5 Å². The third-order valence-corrected chi connectivity index (χ3v) is 1.92. The van der Waals surface area contributed by atoms with E-state index in [1.165, 1.54) is 14.0 Å². The highest BCUT2D eigenvalue weighted by atomic mass is 16.2. The maximum absolute atomic E-state index is 11.5. The molecule has 82 valence electrons. The van der Waals surface area contributed by atoms with Crippen LogP contribution in [0.3, 0.4) is 0 Å². The van der Waals surface area contributed by atoms with Gasteiger partial charge in [0.1, 0.15) is 0 Å². The number of hydrogen-bond acceptors (Lipinski definition) is 4. The Morgan fingerprint density at radius 2 is 2.27 bits per heavy atom. The average molecular weight is 213 g/mol. The number of imide groups is 1. The van der Waals surface area contributed by atoms with Gasteiger partial charge in [-0.1, -0.05) is 0 Å². The molecular formula is C7H11N5O3. The standard InChI is InChI=1S/C7H11N5O3/c1-7(3-9-11-5(8)14)4(13)12(2)6(15)10-7/h3H,1-2H3,(H,10,15)(H3,8,11,14). The van der Waals surface area contributed by atoms with E-state index in [1.807, 2.05) is 5.43 Å². The van der Waals surface area contributed by atoms with Gasteiger partial charge in [-0.25, -0.2) is 15.0 Å². The van der Waals surface area contributed by atoms with Crippen LogP contribution in [0.4, 0.5) is 9.59 Å². The minimum Gasteiger partial charge on any atom is -0.350 e. The summed E-state index contributed by atoms with van der Waals surface area (Å²) in [5, 5.41) is 5.83. The predicted octanol–water partition coefficient (Wildman–Crippen LogP) is -1.42. The number of nitrogens with one attached hydrogen (secondary N) is 2. The number of nitrogens with zero attached hydrogens (tertiary/aromatic N) is 2. The number of carbonyl (C=O) groups is 3. The molecule has 0 spiro atoms. The quantitative estimate of drug-likeness (QED) is 0.297. The van der Waals surface area contributed by atoms with Crippen LogP contribution in [-0.4, -0.2) is 41.7 Å². The summed E-state index contributed by atoms with van der Waals surface area (Å²) in [5.74, 6) is -0.456. The van der Waals surface area contributed by atoms with Gasteiger partial charge in [0.05, 0.1) is 6.21 Å². The predicted molar refractivity (Wildman–Crippen MR) is 50.9 cm³/mol. The molecule has 0 saturated carbocycles. The lowest BCUT2D eigenvalue weighted by Crippen LogP contribution is -2.46. The highest BCUT2D eigenvalue weighted by Gasteiger charge is 2.45. The highest BCUT2D eigenvalue weighted by molar-refractivity contribution is 6.15. The Bertz CT molecular complexity index is 353. The Balaban J connectivity index is 2.76. The molecule has 4 N–H and O–H groups in total. The Labute approximate surface area is 85.5 Å². The van der Waals surface area contributed by atoms with Crippen LogP contribution in [0.5, 0.6) is 0 Å². The summed E-state index contributed by atoms with van der Waals surface area (Å²) in [6.45, 7) is 1.46. The van der Waals surface area contributed by atoms with Crippen molar-refractivity contribution in [1.29, 1.82) is 0 Å². The summed E-state index contributed by atoms with van der Waals surface area (Å²) in [6, 6.07) is -1.37. The van der Waals surface area contributed by atoms with Crippen LogP contribution in [0.15, 0.2) is 5.10 Å². The normalized spacial score (nSPS) is 25.9. The topological polar surface area (TPSA) is 117 Å². The first-order chi connectivity index (χ1) is 6.87. The molecule has 1 rings (SSSR count). The number of urea groups is 2. The van der Waals surface area contributed by atoms with Crippen LogP contribution in [0.25, 0.3) is 0 Å². The number of nitrogens with two attached hydrogens (primary N) is 1. The monoisotopic (exact) mass is 213 g/mol. The van der Waals surface area contributed by atoms with Crippen LogP contribution < -0.4 is 16.5 Å². The van der Waals surface area contributed by atoms with Crippen molar-refractivity contribution >= 4 is 24.2 Å². The number of amides is 5. The number of rotatable bonds is 2. The summed E-state index contributed by atoms with van der Waals surface area (Å²) in [6.07, 6.45) is 1.11. The molecule has 1 unspecified atom stereocenters. The molecule has 0 aliphatic carbocycles. The van der Waals surface area contributed by atoms with E-state index >= 15 is 0 Å². The highest BCUT2D eigenvalue weighted by Crippen LogP contribution is 2.13. The molecule has 1 fully saturated rings. The van der Waals surface area contributed by atoms with Crippen LogP contribution in [-0.2, 0) is 4.79 Å². The maximum atomic E-state index is 11.5. The van der Waals surface area contributed by atoms with Crippen LogP contribution >= 0.6 is 0 Å². The second kappa shape index (κ2) is 3.56. The van der Waals surface area contributed by atoms with Gasteiger partial charge in [0, 0.05) is 7.05 Å². The molecule has 0 aromatic rings. The third-order valence-electron chi connectivity index (χ3n) is 1.92. The van der Waals surface area contributed by atoms with E-state index in [1.54, 1.807) is 0 Å². The molecule has 1 atom stereocenters. The largest absolute Gasteiger partial charge is 0.350 e. The lowest BCUT2D eigenvalue weighted by atomic mass is 10.1. The fraction of sp³-hybridized carbons (Fsp3) is 0.429. The minimum absolute atomic E-state index is 0.456. The SMILES string of the molecule is CN1C(=O)NC(C)(C=NNC(N)=O)C1=O. The summed E-state index contributed by atoms with van der Waals surface area (Å²) in [7, 11) is 1.35. The van der Waals surface area contributed by atoms with Crippen molar-refractivity contribution in [3.8, 4) is 0 Å². The third kappa shape index (κ3) is 2.03. The van der Waals surface area contributed by atoms with Crippen molar-refractivity contribution < 1.29 is 14.4 Å². The van der Waals surface area contributed by atoms with Crippen LogP contribution in [0.1, 0.15) is 6.92 Å². The Morgan fingerprint density at radius 1 is 1.67 bits per heavy atom. The summed E-state index contributed by atoms with van der Waals surface area (Å²) < 4.78 is 0. The summed E-state index contributed by atoms with van der Waals surface area (Å²) in [5.41, 5.74) is 5.46. The molecule has 8 nitrogen and oxygen atoms in total. The van der Waals surface area contributed by atoms with Gasteiger partial charge in [-0.2, -0.15) is 5.10 Å². The fourth-order valence-corrected chi connectivity index (χ4v) is 1.11. The zero-order chi connectivity index (χ0) is 11.6. The molecule has 15 heavy (non-hydrogen) atoms. The molecule has 1 aliphatic rings. The number of hydrazone groups is 1. The van der Waals surface area contributed by atoms with Gasteiger partial charge >= 0.3 is 12.1 Å². The minimum atomic E-state index is -1.24. The van der Waals surface area contributed by atoms with E-state index in [2.05, 4.69) is 10.4 Å². The van der Waals surface area contributed by atoms with E-state index in [0.717, 1.165) is 11.1 Å². The van der Waals surface area contributed by atoms with E-state index in [4.69, 9.17) is 5.73 Å². The van der Waals surface area contributed by atoms with Crippen molar-refractivity contribution in [2.75, 3.05) is 7.05 Å². The van der Waals surface area contributed by atoms with E-state index in [9.17, 15) is 14.4 Å². The molecule has 0 aromatic carbocycles. The van der Waals surface area contributed by atoms with Gasteiger partial charge < -0.3 is 11.1 Å². The van der Waals surface area contributed by atoms with Crippen molar-refractivity contribution in [3.05, 3.63) is 0 Å². The van der Waals surface area contributed by atoms with Crippen LogP contribution in [0, 0.1) is 0 Å². The number of hydrogen-bond donors (Lipinski definition) is 3. The lowest BCUT2D eigenvalue weighted by Gasteiger charge is -2.14. The van der Waals surface area contributed by atoms with Gasteiger partial charge in [0.15, 0.2) is 5.54 Å². The molecule has 5 amide bonds. The van der Waals surface area contributed by atoms with E-state index in [-0.39, 0.29) is 0 Å². The number of likely N-dealkylation sites (N-methyl/N-ethyl adjacent to an activating group) is 1. The lowest BCUT2D eigenvalue weighted by molar-refractivity contribution is -0.127. The molecule has 1 saturated heterocycles. The molecular weight excluding hydrogens is 202 g/mol. The van der Waals surface area contributed by atoms with Gasteiger partial charge in [0.2, 0.25) is 0 Å². The van der Waals surface area contributed by atoms with E-state index in [0.29, 0.717) is 0 Å². The van der Waals surface area contributed by atoms with E-state index < -0.39 is 23.5 Å². The van der Waals surface area contributed by atoms with Crippen LogP contribution in [0.2, 0.25) is 0 Å². The van der Waals surface area contributed by atoms with Gasteiger partial charge in [-0.15, -0.1) is 0 Å². The smallest absolute Gasteiger partial charge is 0.332 e. The second-order valence-electron chi connectivity index (χ2n) is 3.23. The second-order valence-corrected chi connectivity index (χ2v) is 3.23. The summed E-state index contributed by atoms with van der Waals surface area (Å²) in [4.78, 5) is 33.9. The summed E-state index contributed by atoms with van der Waals surface area (Å²) >= 11 is 0. The van der Waals surface area contributed by atoms with Gasteiger partial charge in [-0.05, 0) is 6.92 Å². The van der Waals surface area contributed by atoms with Crippen molar-refractivity contribution in [2.24, 2.45) is 10.8 Å². The van der Waals surface area contributed by atoms with Gasteiger partial charge in [-0.3, -0.25) is 9.69 Å². The Kier molecular flexibility index (Phi) is 2.60. The first kappa shape index (κ1) is 11.0.